The predicted molar refractivity (Wildman–Crippen MR) is 92.7 cm³/mol. The molecule has 0 spiro atoms. The molecule has 7 heteroatoms. The Morgan fingerprint density at radius 2 is 1.96 bits per heavy atom. The highest BCUT2D eigenvalue weighted by molar-refractivity contribution is 6.19. The number of carbonyl (C=O) groups excluding carboxylic acids is 3. The van der Waals surface area contributed by atoms with Gasteiger partial charge in [0.05, 0.1) is 5.56 Å². The second-order valence-corrected chi connectivity index (χ2v) is 6.10. The van der Waals surface area contributed by atoms with E-state index in [1.165, 1.54) is 6.08 Å². The minimum absolute atomic E-state index is 0.101. The average Bonchev–Trinajstić information content (AvgIpc) is 3.26. The normalized spacial score (nSPS) is 17.6. The Morgan fingerprint density at radius 3 is 2.74 bits per heavy atom. The Balaban J connectivity index is 1.70. The van der Waals surface area contributed by atoms with E-state index in [2.05, 4.69) is 5.32 Å². The maximum atomic E-state index is 12.1. The molecule has 27 heavy (non-hydrogen) atoms. The molecule has 1 N–H and O–H groups in total. The van der Waals surface area contributed by atoms with E-state index in [4.69, 9.17) is 14.4 Å². The van der Waals surface area contributed by atoms with Gasteiger partial charge in [-0.3, -0.25) is 14.9 Å². The third kappa shape index (κ3) is 2.73. The Hall–Kier alpha value is -3.92. The van der Waals surface area contributed by atoms with Crippen molar-refractivity contribution >= 4 is 23.9 Å². The minimum atomic E-state index is -0.702. The Kier molecular flexibility index (Phi) is 3.74. The molecule has 0 saturated heterocycles. The summed E-state index contributed by atoms with van der Waals surface area (Å²) >= 11 is 0. The molecule has 1 aromatic carbocycles. The highest BCUT2D eigenvalue weighted by Crippen LogP contribution is 2.30. The zero-order valence-corrected chi connectivity index (χ0v) is 14.2. The van der Waals surface area contributed by atoms with Crippen LogP contribution in [0.4, 0.5) is 0 Å². The number of carbonyl (C=O) groups is 3. The van der Waals surface area contributed by atoms with Crippen molar-refractivity contribution in [2.75, 3.05) is 0 Å². The first-order valence-corrected chi connectivity index (χ1v) is 8.07. The molecule has 132 valence electrons. The van der Waals surface area contributed by atoms with Crippen molar-refractivity contribution in [2.24, 2.45) is 0 Å². The molecule has 0 aliphatic carbocycles. The van der Waals surface area contributed by atoms with Crippen LogP contribution in [0.3, 0.4) is 0 Å². The third-order valence-corrected chi connectivity index (χ3v) is 4.47. The summed E-state index contributed by atoms with van der Waals surface area (Å²) < 4.78 is 10.8. The van der Waals surface area contributed by atoms with E-state index in [-0.39, 0.29) is 23.7 Å². The van der Waals surface area contributed by atoms with E-state index in [1.54, 1.807) is 37.3 Å². The molecule has 7 nitrogen and oxygen atoms in total. The molecule has 0 atom stereocenters. The largest absolute Gasteiger partial charge is 0.457 e. The number of nitrogens with one attached hydrogen (secondary N) is 1. The van der Waals surface area contributed by atoms with Gasteiger partial charge >= 0.3 is 5.97 Å². The van der Waals surface area contributed by atoms with Crippen LogP contribution >= 0.6 is 0 Å². The van der Waals surface area contributed by atoms with E-state index in [0.29, 0.717) is 22.7 Å². The summed E-state index contributed by atoms with van der Waals surface area (Å²) in [6, 6.07) is 10.5. The number of nitriles is 1. The van der Waals surface area contributed by atoms with Gasteiger partial charge in [-0.15, -0.1) is 0 Å². The molecule has 0 radical (unpaired) electrons. The third-order valence-electron chi connectivity index (χ3n) is 4.47. The molecule has 2 aliphatic rings. The van der Waals surface area contributed by atoms with Gasteiger partial charge in [0.25, 0.3) is 11.8 Å². The predicted octanol–water partition coefficient (Wildman–Crippen LogP) is 2.50. The van der Waals surface area contributed by atoms with Crippen molar-refractivity contribution < 1.29 is 23.5 Å². The van der Waals surface area contributed by atoms with Gasteiger partial charge in [0.1, 0.15) is 29.8 Å². The SMILES string of the molecule is CC1=C(C#N)C(=O)NC(=O)/C1=C\c1ccc(-c2ccc3c(c2)COC3=O)o1. The number of fused-ring (bicyclic) bond motifs is 1. The molecular weight excluding hydrogens is 348 g/mol. The van der Waals surface area contributed by atoms with Crippen LogP contribution in [0.2, 0.25) is 0 Å². The van der Waals surface area contributed by atoms with Crippen LogP contribution in [0.5, 0.6) is 0 Å². The Labute approximate surface area is 153 Å². The molecule has 3 heterocycles. The van der Waals surface area contributed by atoms with Crippen molar-refractivity contribution in [3.05, 3.63) is 63.9 Å². The Morgan fingerprint density at radius 1 is 1.15 bits per heavy atom. The number of hydrogen-bond acceptors (Lipinski definition) is 6. The van der Waals surface area contributed by atoms with Gasteiger partial charge in [-0.2, -0.15) is 5.26 Å². The zero-order chi connectivity index (χ0) is 19.1. The lowest BCUT2D eigenvalue weighted by molar-refractivity contribution is -0.126. The van der Waals surface area contributed by atoms with E-state index < -0.39 is 11.8 Å². The first kappa shape index (κ1) is 16.5. The Bertz CT molecular complexity index is 1130. The lowest BCUT2D eigenvalue weighted by Gasteiger charge is -2.15. The van der Waals surface area contributed by atoms with Crippen LogP contribution in [0.25, 0.3) is 17.4 Å². The number of benzene rings is 1. The van der Waals surface area contributed by atoms with Crippen LogP contribution in [0, 0.1) is 11.3 Å². The molecule has 0 saturated carbocycles. The number of esters is 1. The first-order valence-electron chi connectivity index (χ1n) is 8.07. The second-order valence-electron chi connectivity index (χ2n) is 6.10. The van der Waals surface area contributed by atoms with Crippen molar-refractivity contribution in [1.82, 2.24) is 5.32 Å². The molecule has 0 bridgehead atoms. The summed E-state index contributed by atoms with van der Waals surface area (Å²) in [6.07, 6.45) is 1.48. The number of nitrogens with zero attached hydrogens (tertiary/aromatic N) is 1. The summed E-state index contributed by atoms with van der Waals surface area (Å²) in [5.41, 5.74) is 2.50. The number of ether oxygens (including phenoxy) is 1. The van der Waals surface area contributed by atoms with Gasteiger partial charge in [0.15, 0.2) is 0 Å². The van der Waals surface area contributed by atoms with Crippen LogP contribution in [-0.4, -0.2) is 17.8 Å². The maximum Gasteiger partial charge on any atom is 0.338 e. The van der Waals surface area contributed by atoms with Gasteiger partial charge in [-0.1, -0.05) is 6.07 Å². The molecule has 0 fully saturated rings. The van der Waals surface area contributed by atoms with Crippen molar-refractivity contribution in [2.45, 2.75) is 13.5 Å². The summed E-state index contributed by atoms with van der Waals surface area (Å²) in [4.78, 5) is 35.3. The van der Waals surface area contributed by atoms with E-state index in [9.17, 15) is 14.4 Å². The fourth-order valence-electron chi connectivity index (χ4n) is 3.03. The molecule has 4 rings (SSSR count). The van der Waals surface area contributed by atoms with Crippen molar-refractivity contribution in [3.8, 4) is 17.4 Å². The van der Waals surface area contributed by atoms with Crippen molar-refractivity contribution in [3.63, 3.8) is 0 Å². The van der Waals surface area contributed by atoms with Crippen LogP contribution in [0.1, 0.15) is 28.6 Å². The summed E-state index contributed by atoms with van der Waals surface area (Å²) in [7, 11) is 0. The number of rotatable bonds is 2. The van der Waals surface area contributed by atoms with Gasteiger partial charge in [0, 0.05) is 16.7 Å². The van der Waals surface area contributed by atoms with E-state index >= 15 is 0 Å². The van der Waals surface area contributed by atoms with E-state index in [0.717, 1.165) is 11.1 Å². The number of imide groups is 1. The average molecular weight is 360 g/mol. The van der Waals surface area contributed by atoms with Crippen molar-refractivity contribution in [1.29, 1.82) is 5.26 Å². The minimum Gasteiger partial charge on any atom is -0.457 e. The topological polar surface area (TPSA) is 109 Å². The standard InChI is InChI=1S/C20H12N2O5/c1-10-15(18(23)22-19(24)16(10)8-21)7-13-3-5-17(27-13)11-2-4-14-12(6-11)9-26-20(14)25/h2-7H,9H2,1H3,(H,22,23,24)/b15-7-. The highest BCUT2D eigenvalue weighted by Gasteiger charge is 2.28. The van der Waals surface area contributed by atoms with Crippen LogP contribution in [-0.2, 0) is 20.9 Å². The zero-order valence-electron chi connectivity index (χ0n) is 14.2. The van der Waals surface area contributed by atoms with Crippen LogP contribution < -0.4 is 5.32 Å². The van der Waals surface area contributed by atoms with E-state index in [1.807, 2.05) is 6.07 Å². The molecule has 2 amide bonds. The first-order chi connectivity index (χ1) is 13.0. The summed E-state index contributed by atoms with van der Waals surface area (Å²) in [6.45, 7) is 1.77. The number of amides is 2. The lowest BCUT2D eigenvalue weighted by atomic mass is 9.96. The molecule has 0 unspecified atom stereocenters. The monoisotopic (exact) mass is 360 g/mol. The second kappa shape index (κ2) is 6.11. The number of cyclic esters (lactones) is 1. The summed E-state index contributed by atoms with van der Waals surface area (Å²) in [5, 5.41) is 11.2. The molecule has 2 aromatic rings. The molecule has 2 aliphatic heterocycles. The molecular formula is C20H12N2O5. The smallest absolute Gasteiger partial charge is 0.338 e. The van der Waals surface area contributed by atoms with Gasteiger partial charge in [0.2, 0.25) is 0 Å². The number of furan rings is 1. The van der Waals surface area contributed by atoms with Gasteiger partial charge in [-0.05, 0) is 42.8 Å². The summed E-state index contributed by atoms with van der Waals surface area (Å²) in [5.74, 6) is -0.669. The van der Waals surface area contributed by atoms with Crippen LogP contribution in [0.15, 0.2) is 51.5 Å². The fourth-order valence-corrected chi connectivity index (χ4v) is 3.03. The maximum absolute atomic E-state index is 12.1. The molecule has 1 aromatic heterocycles. The van der Waals surface area contributed by atoms with Gasteiger partial charge < -0.3 is 9.15 Å². The lowest BCUT2D eigenvalue weighted by Crippen LogP contribution is -2.37. The van der Waals surface area contributed by atoms with Gasteiger partial charge in [-0.25, -0.2) is 4.79 Å². The fraction of sp³-hybridized carbons (Fsp3) is 0.100. The number of hydrogen-bond donors (Lipinski definition) is 1. The quantitative estimate of drug-likeness (QED) is 0.501. The highest BCUT2D eigenvalue weighted by atomic mass is 16.5.